The second kappa shape index (κ2) is 8.02. The number of hydrogen-bond acceptors (Lipinski definition) is 6. The summed E-state index contributed by atoms with van der Waals surface area (Å²) in [6.07, 6.45) is 3.05. The van der Waals surface area contributed by atoms with E-state index in [-0.39, 0.29) is 12.2 Å². The van der Waals surface area contributed by atoms with Crippen LogP contribution < -0.4 is 5.32 Å². The third-order valence-electron chi connectivity index (χ3n) is 2.17. The molecule has 0 heterocycles. The fraction of sp³-hybridized carbons (Fsp3) is 0.692. The van der Waals surface area contributed by atoms with Crippen LogP contribution in [0.25, 0.3) is 0 Å². The van der Waals surface area contributed by atoms with E-state index < -0.39 is 33.5 Å². The maximum absolute atomic E-state index is 11.7. The average molecular weight is 321 g/mol. The lowest BCUT2D eigenvalue weighted by atomic mass is 10.2. The Morgan fingerprint density at radius 3 is 2.29 bits per heavy atom. The van der Waals surface area contributed by atoms with Crippen LogP contribution >= 0.6 is 0 Å². The molecule has 1 atom stereocenters. The van der Waals surface area contributed by atoms with Crippen LogP contribution in [0.1, 0.15) is 27.2 Å². The quantitative estimate of drug-likeness (QED) is 0.580. The van der Waals surface area contributed by atoms with Crippen molar-refractivity contribution in [3.05, 3.63) is 12.2 Å². The molecule has 0 spiro atoms. The highest BCUT2D eigenvalue weighted by molar-refractivity contribution is 7.90. The van der Waals surface area contributed by atoms with Crippen LogP contribution in [0.4, 0.5) is 4.79 Å². The second-order valence-corrected chi connectivity index (χ2v) is 7.81. The van der Waals surface area contributed by atoms with Crippen LogP contribution in [0.15, 0.2) is 12.2 Å². The number of alkyl carbamates (subject to hydrolysis) is 1. The van der Waals surface area contributed by atoms with Gasteiger partial charge in [0.15, 0.2) is 0 Å². The maximum atomic E-state index is 11.7. The highest BCUT2D eigenvalue weighted by atomic mass is 32.2. The van der Waals surface area contributed by atoms with E-state index in [1.807, 2.05) is 0 Å². The third-order valence-corrected chi connectivity index (χ3v) is 3.14. The number of amides is 1. The van der Waals surface area contributed by atoms with Gasteiger partial charge in [0.1, 0.15) is 15.4 Å². The minimum Gasteiger partial charge on any atom is -0.466 e. The Bertz CT molecular complexity index is 489. The summed E-state index contributed by atoms with van der Waals surface area (Å²) in [5.74, 6) is -0.718. The number of sulfone groups is 1. The lowest BCUT2D eigenvalue weighted by Crippen LogP contribution is -2.39. The van der Waals surface area contributed by atoms with Crippen molar-refractivity contribution in [2.75, 3.05) is 19.1 Å². The Morgan fingerprint density at radius 2 is 1.86 bits per heavy atom. The molecule has 1 amide bonds. The fourth-order valence-electron chi connectivity index (χ4n) is 1.28. The minimum atomic E-state index is -3.18. The molecule has 0 saturated heterocycles. The molecule has 0 aliphatic heterocycles. The van der Waals surface area contributed by atoms with Gasteiger partial charge in [-0.25, -0.2) is 18.0 Å². The normalized spacial score (nSPS) is 13.8. The molecule has 0 aromatic heterocycles. The van der Waals surface area contributed by atoms with E-state index in [4.69, 9.17) is 4.74 Å². The van der Waals surface area contributed by atoms with E-state index in [1.54, 1.807) is 20.8 Å². The number of rotatable bonds is 6. The highest BCUT2D eigenvalue weighted by Gasteiger charge is 2.19. The van der Waals surface area contributed by atoms with Crippen molar-refractivity contribution < 1.29 is 27.5 Å². The summed E-state index contributed by atoms with van der Waals surface area (Å²) in [7, 11) is -1.95. The SMILES string of the molecule is COC(=O)/C=C/[C@H](CCS(C)(=O)=O)NC(=O)OC(C)(C)C. The number of carbonyl (C=O) groups excluding carboxylic acids is 2. The smallest absolute Gasteiger partial charge is 0.408 e. The van der Waals surface area contributed by atoms with Gasteiger partial charge >= 0.3 is 12.1 Å². The summed E-state index contributed by atoms with van der Waals surface area (Å²) >= 11 is 0. The molecule has 0 aliphatic rings. The van der Waals surface area contributed by atoms with E-state index >= 15 is 0 Å². The van der Waals surface area contributed by atoms with E-state index in [2.05, 4.69) is 10.1 Å². The molecule has 0 rings (SSSR count). The van der Waals surface area contributed by atoms with Crippen molar-refractivity contribution in [1.29, 1.82) is 0 Å². The van der Waals surface area contributed by atoms with Gasteiger partial charge in [-0.2, -0.15) is 0 Å². The number of nitrogens with one attached hydrogen (secondary N) is 1. The molecule has 8 heteroatoms. The first-order valence-electron chi connectivity index (χ1n) is 6.36. The minimum absolute atomic E-state index is 0.126. The van der Waals surface area contributed by atoms with E-state index in [0.717, 1.165) is 12.3 Å². The van der Waals surface area contributed by atoms with Gasteiger partial charge in [0.05, 0.1) is 18.9 Å². The predicted molar refractivity (Wildman–Crippen MR) is 78.6 cm³/mol. The van der Waals surface area contributed by atoms with Crippen LogP contribution in [-0.4, -0.2) is 51.2 Å². The molecule has 0 unspecified atom stereocenters. The molecule has 1 N–H and O–H groups in total. The van der Waals surface area contributed by atoms with Crippen molar-refractivity contribution in [2.24, 2.45) is 0 Å². The number of esters is 1. The Labute approximate surface area is 125 Å². The molecule has 0 bridgehead atoms. The molecule has 7 nitrogen and oxygen atoms in total. The molecule has 0 aromatic carbocycles. The first-order chi connectivity index (χ1) is 9.43. The molecular formula is C13H23NO6S. The second-order valence-electron chi connectivity index (χ2n) is 5.55. The summed E-state index contributed by atoms with van der Waals surface area (Å²) in [5.41, 5.74) is -0.669. The Morgan fingerprint density at radius 1 is 1.29 bits per heavy atom. The van der Waals surface area contributed by atoms with Crippen LogP contribution in [0.3, 0.4) is 0 Å². The molecule has 0 radical (unpaired) electrons. The van der Waals surface area contributed by atoms with Gasteiger partial charge in [-0.15, -0.1) is 0 Å². The third kappa shape index (κ3) is 11.9. The van der Waals surface area contributed by atoms with Gasteiger partial charge in [-0.3, -0.25) is 0 Å². The van der Waals surface area contributed by atoms with Gasteiger partial charge in [-0.1, -0.05) is 6.08 Å². The van der Waals surface area contributed by atoms with Crippen LogP contribution in [0.2, 0.25) is 0 Å². The number of hydrogen-bond donors (Lipinski definition) is 1. The molecule has 122 valence electrons. The lowest BCUT2D eigenvalue weighted by Gasteiger charge is -2.22. The zero-order valence-electron chi connectivity index (χ0n) is 13.0. The van der Waals surface area contributed by atoms with Crippen LogP contribution in [0, 0.1) is 0 Å². The van der Waals surface area contributed by atoms with E-state index in [9.17, 15) is 18.0 Å². The van der Waals surface area contributed by atoms with Crippen molar-refractivity contribution in [1.82, 2.24) is 5.32 Å². The van der Waals surface area contributed by atoms with Crippen LogP contribution in [0.5, 0.6) is 0 Å². The van der Waals surface area contributed by atoms with Gasteiger partial charge in [0.25, 0.3) is 0 Å². The molecule has 0 aliphatic carbocycles. The van der Waals surface area contributed by atoms with Gasteiger partial charge < -0.3 is 14.8 Å². The Balaban J connectivity index is 4.76. The van der Waals surface area contributed by atoms with Crippen molar-refractivity contribution in [2.45, 2.75) is 38.8 Å². The molecule has 21 heavy (non-hydrogen) atoms. The van der Waals surface area contributed by atoms with Crippen molar-refractivity contribution >= 4 is 21.9 Å². The summed E-state index contributed by atoms with van der Waals surface area (Å²) < 4.78 is 31.9. The first kappa shape index (κ1) is 19.4. The van der Waals surface area contributed by atoms with Crippen molar-refractivity contribution in [3.63, 3.8) is 0 Å². The largest absolute Gasteiger partial charge is 0.466 e. The number of ether oxygens (including phenoxy) is 2. The Kier molecular flexibility index (Phi) is 7.42. The predicted octanol–water partition coefficient (Wildman–Crippen LogP) is 1.04. The molecule has 0 fully saturated rings. The summed E-state index contributed by atoms with van der Waals surface area (Å²) in [5, 5.41) is 2.51. The van der Waals surface area contributed by atoms with E-state index in [0.29, 0.717) is 0 Å². The summed E-state index contributed by atoms with van der Waals surface area (Å²) in [6.45, 7) is 5.13. The number of methoxy groups -OCH3 is 1. The van der Waals surface area contributed by atoms with Gasteiger partial charge in [0.2, 0.25) is 0 Å². The number of carbonyl (C=O) groups is 2. The zero-order valence-corrected chi connectivity index (χ0v) is 13.8. The zero-order chi connectivity index (χ0) is 16.7. The topological polar surface area (TPSA) is 98.8 Å². The Hall–Kier alpha value is -1.57. The fourth-order valence-corrected chi connectivity index (χ4v) is 1.96. The van der Waals surface area contributed by atoms with Gasteiger partial charge in [-0.05, 0) is 27.2 Å². The lowest BCUT2D eigenvalue weighted by molar-refractivity contribution is -0.134. The molecule has 0 saturated carbocycles. The van der Waals surface area contributed by atoms with Crippen LogP contribution in [-0.2, 0) is 24.1 Å². The monoisotopic (exact) mass is 321 g/mol. The van der Waals surface area contributed by atoms with E-state index in [1.165, 1.54) is 13.2 Å². The summed E-state index contributed by atoms with van der Waals surface area (Å²) in [6, 6.07) is -0.645. The maximum Gasteiger partial charge on any atom is 0.408 e. The first-order valence-corrected chi connectivity index (χ1v) is 8.42. The standard InChI is InChI=1S/C13H23NO6S/c1-13(2,3)20-12(16)14-10(6-7-11(15)19-4)8-9-21(5,17)18/h6-7,10H,8-9H2,1-5H3,(H,14,16)/b7-6+/t10-/m1/s1. The van der Waals surface area contributed by atoms with Gasteiger partial charge in [0, 0.05) is 12.3 Å². The summed E-state index contributed by atoms with van der Waals surface area (Å²) in [4.78, 5) is 22.7. The average Bonchev–Trinajstić information content (AvgIpc) is 2.28. The van der Waals surface area contributed by atoms with Crippen molar-refractivity contribution in [3.8, 4) is 0 Å². The highest BCUT2D eigenvalue weighted by Crippen LogP contribution is 2.08. The molecular weight excluding hydrogens is 298 g/mol. The molecule has 0 aromatic rings.